The monoisotopic (exact) mass is 356 g/mol. The van der Waals surface area contributed by atoms with Gasteiger partial charge in [-0.15, -0.1) is 0 Å². The lowest BCUT2D eigenvalue weighted by molar-refractivity contribution is 0.0933. The van der Waals surface area contributed by atoms with E-state index < -0.39 is 0 Å². The number of nitrogens with one attached hydrogen (secondary N) is 1. The summed E-state index contributed by atoms with van der Waals surface area (Å²) < 4.78 is 11.2. The number of ether oxygens (including phenoxy) is 1. The summed E-state index contributed by atoms with van der Waals surface area (Å²) in [6.07, 6.45) is 6.23. The molecule has 1 aromatic heterocycles. The molecule has 0 saturated carbocycles. The second-order valence-electron chi connectivity index (χ2n) is 6.71. The summed E-state index contributed by atoms with van der Waals surface area (Å²) in [5.74, 6) is 1.65. The lowest BCUT2D eigenvalue weighted by Gasteiger charge is -2.26. The molecule has 140 valence electrons. The molecular formula is C21H28N2O3. The van der Waals surface area contributed by atoms with Crippen molar-refractivity contribution in [3.05, 3.63) is 54.0 Å². The van der Waals surface area contributed by atoms with Gasteiger partial charge in [0.2, 0.25) is 0 Å². The summed E-state index contributed by atoms with van der Waals surface area (Å²) in [7, 11) is 0. The third-order valence-corrected chi connectivity index (χ3v) is 4.79. The quantitative estimate of drug-likeness (QED) is 0.689. The third-order valence-electron chi connectivity index (χ3n) is 4.79. The average Bonchev–Trinajstić information content (AvgIpc) is 3.37. The molecule has 2 heterocycles. The fourth-order valence-electron chi connectivity index (χ4n) is 3.27. The van der Waals surface area contributed by atoms with Crippen LogP contribution < -0.4 is 10.1 Å². The van der Waals surface area contributed by atoms with E-state index >= 15 is 0 Å². The Morgan fingerprint density at radius 2 is 2.00 bits per heavy atom. The number of furan rings is 1. The standard InChI is InChI=1S/C21H28N2O3/c1-2-3-14-25-18-10-8-17(9-11-18)21(24)22-16-19(20-7-6-15-26-20)23-12-4-5-13-23/h6-11,15,19H,2-5,12-14,16H2,1H3,(H,22,24). The predicted octanol–water partition coefficient (Wildman–Crippen LogP) is 4.03. The largest absolute Gasteiger partial charge is 0.494 e. The van der Waals surface area contributed by atoms with Crippen molar-refractivity contribution in [1.29, 1.82) is 0 Å². The van der Waals surface area contributed by atoms with Crippen molar-refractivity contribution in [2.24, 2.45) is 0 Å². The molecule has 5 heteroatoms. The molecule has 0 radical (unpaired) electrons. The number of hydrogen-bond acceptors (Lipinski definition) is 4. The number of hydrogen-bond donors (Lipinski definition) is 1. The van der Waals surface area contributed by atoms with Crippen LogP contribution >= 0.6 is 0 Å². The van der Waals surface area contributed by atoms with Crippen molar-refractivity contribution < 1.29 is 13.9 Å². The molecule has 1 saturated heterocycles. The van der Waals surface area contributed by atoms with Gasteiger partial charge in [0.15, 0.2) is 0 Å². The maximum Gasteiger partial charge on any atom is 0.251 e. The molecule has 1 amide bonds. The summed E-state index contributed by atoms with van der Waals surface area (Å²) in [6.45, 7) is 5.48. The van der Waals surface area contributed by atoms with Crippen LogP contribution in [0.2, 0.25) is 0 Å². The van der Waals surface area contributed by atoms with E-state index in [1.807, 2.05) is 36.4 Å². The van der Waals surface area contributed by atoms with E-state index in [1.165, 1.54) is 12.8 Å². The Morgan fingerprint density at radius 3 is 2.65 bits per heavy atom. The van der Waals surface area contributed by atoms with Crippen LogP contribution in [0, 0.1) is 0 Å². The van der Waals surface area contributed by atoms with Gasteiger partial charge < -0.3 is 14.5 Å². The van der Waals surface area contributed by atoms with Crippen molar-refractivity contribution in [3.8, 4) is 5.75 Å². The van der Waals surface area contributed by atoms with E-state index in [4.69, 9.17) is 9.15 Å². The minimum Gasteiger partial charge on any atom is -0.494 e. The fraction of sp³-hybridized carbons (Fsp3) is 0.476. The minimum atomic E-state index is -0.0686. The Balaban J connectivity index is 1.56. The van der Waals surface area contributed by atoms with Gasteiger partial charge in [-0.2, -0.15) is 0 Å². The SMILES string of the molecule is CCCCOc1ccc(C(=O)NCC(c2ccco2)N2CCCC2)cc1. The van der Waals surface area contributed by atoms with Crippen LogP contribution in [0.3, 0.4) is 0 Å². The average molecular weight is 356 g/mol. The van der Waals surface area contributed by atoms with Gasteiger partial charge in [0.05, 0.1) is 18.9 Å². The van der Waals surface area contributed by atoms with Crippen LogP contribution in [0.5, 0.6) is 5.75 Å². The van der Waals surface area contributed by atoms with Gasteiger partial charge in [-0.25, -0.2) is 0 Å². The highest BCUT2D eigenvalue weighted by Gasteiger charge is 2.26. The summed E-state index contributed by atoms with van der Waals surface area (Å²) in [6, 6.07) is 11.3. The molecule has 0 bridgehead atoms. The van der Waals surface area contributed by atoms with Crippen molar-refractivity contribution >= 4 is 5.91 Å². The normalized spacial score (nSPS) is 15.7. The van der Waals surface area contributed by atoms with Gasteiger partial charge in [-0.05, 0) is 68.8 Å². The molecule has 1 aliphatic rings. The number of carbonyl (C=O) groups excluding carboxylic acids is 1. The first-order chi connectivity index (χ1) is 12.8. The van der Waals surface area contributed by atoms with Crippen molar-refractivity contribution in [2.75, 3.05) is 26.2 Å². The number of nitrogens with zero attached hydrogens (tertiary/aromatic N) is 1. The Morgan fingerprint density at radius 1 is 1.23 bits per heavy atom. The highest BCUT2D eigenvalue weighted by Crippen LogP contribution is 2.25. The van der Waals surface area contributed by atoms with Gasteiger partial charge in [0, 0.05) is 12.1 Å². The Kier molecular flexibility index (Phi) is 6.72. The predicted molar refractivity (Wildman–Crippen MR) is 101 cm³/mol. The molecule has 1 atom stereocenters. The molecule has 0 spiro atoms. The summed E-state index contributed by atoms with van der Waals surface area (Å²) in [5, 5.41) is 3.05. The highest BCUT2D eigenvalue weighted by atomic mass is 16.5. The van der Waals surface area contributed by atoms with Gasteiger partial charge in [0.1, 0.15) is 11.5 Å². The van der Waals surface area contributed by atoms with E-state index in [0.29, 0.717) is 18.7 Å². The maximum absolute atomic E-state index is 12.5. The molecule has 1 fully saturated rings. The third kappa shape index (κ3) is 4.88. The molecule has 1 N–H and O–H groups in total. The lowest BCUT2D eigenvalue weighted by atomic mass is 10.1. The maximum atomic E-state index is 12.5. The number of benzene rings is 1. The van der Waals surface area contributed by atoms with Crippen molar-refractivity contribution in [2.45, 2.75) is 38.6 Å². The first-order valence-electron chi connectivity index (χ1n) is 9.56. The van der Waals surface area contributed by atoms with E-state index in [2.05, 4.69) is 17.1 Å². The Bertz CT molecular complexity index is 661. The zero-order valence-corrected chi connectivity index (χ0v) is 15.4. The molecule has 3 rings (SSSR count). The van der Waals surface area contributed by atoms with Crippen LogP contribution in [0.4, 0.5) is 0 Å². The van der Waals surface area contributed by atoms with Gasteiger partial charge >= 0.3 is 0 Å². The van der Waals surface area contributed by atoms with Crippen LogP contribution in [0.1, 0.15) is 54.8 Å². The number of carbonyl (C=O) groups is 1. The zero-order valence-electron chi connectivity index (χ0n) is 15.4. The van der Waals surface area contributed by atoms with Crippen LogP contribution in [0.25, 0.3) is 0 Å². The Hall–Kier alpha value is -2.27. The number of amides is 1. The van der Waals surface area contributed by atoms with E-state index in [9.17, 15) is 4.79 Å². The first kappa shape index (κ1) is 18.5. The number of likely N-dealkylation sites (tertiary alicyclic amines) is 1. The lowest BCUT2D eigenvalue weighted by Crippen LogP contribution is -2.36. The summed E-state index contributed by atoms with van der Waals surface area (Å²) in [5.41, 5.74) is 0.646. The molecule has 1 aliphatic heterocycles. The molecule has 5 nitrogen and oxygen atoms in total. The Labute approximate surface area is 155 Å². The van der Waals surface area contributed by atoms with Crippen LogP contribution in [-0.2, 0) is 0 Å². The van der Waals surface area contributed by atoms with E-state index in [0.717, 1.165) is 37.4 Å². The van der Waals surface area contributed by atoms with Crippen LogP contribution in [0.15, 0.2) is 47.1 Å². The second-order valence-corrected chi connectivity index (χ2v) is 6.71. The molecule has 26 heavy (non-hydrogen) atoms. The summed E-state index contributed by atoms with van der Waals surface area (Å²) in [4.78, 5) is 14.9. The first-order valence-corrected chi connectivity index (χ1v) is 9.56. The fourth-order valence-corrected chi connectivity index (χ4v) is 3.27. The van der Waals surface area contributed by atoms with Crippen molar-refractivity contribution in [1.82, 2.24) is 10.2 Å². The van der Waals surface area contributed by atoms with E-state index in [-0.39, 0.29) is 11.9 Å². The van der Waals surface area contributed by atoms with Gasteiger partial charge in [-0.3, -0.25) is 9.69 Å². The van der Waals surface area contributed by atoms with Crippen molar-refractivity contribution in [3.63, 3.8) is 0 Å². The minimum absolute atomic E-state index is 0.0686. The topological polar surface area (TPSA) is 54.7 Å². The van der Waals surface area contributed by atoms with Crippen LogP contribution in [-0.4, -0.2) is 37.0 Å². The smallest absolute Gasteiger partial charge is 0.251 e. The second kappa shape index (κ2) is 9.43. The van der Waals surface area contributed by atoms with E-state index in [1.54, 1.807) is 6.26 Å². The molecule has 1 unspecified atom stereocenters. The molecule has 2 aromatic rings. The highest BCUT2D eigenvalue weighted by molar-refractivity contribution is 5.94. The zero-order chi connectivity index (χ0) is 18.2. The molecule has 1 aromatic carbocycles. The molecule has 0 aliphatic carbocycles. The van der Waals surface area contributed by atoms with Gasteiger partial charge in [-0.1, -0.05) is 13.3 Å². The van der Waals surface area contributed by atoms with Gasteiger partial charge in [0.25, 0.3) is 5.91 Å². The number of rotatable bonds is 9. The summed E-state index contributed by atoms with van der Waals surface area (Å²) >= 11 is 0. The molecular weight excluding hydrogens is 328 g/mol. The number of unbranched alkanes of at least 4 members (excludes halogenated alkanes) is 1.